The van der Waals surface area contributed by atoms with Crippen LogP contribution in [0.2, 0.25) is 131 Å². The number of hydrogen-bond acceptors (Lipinski definition) is 2. The van der Waals surface area contributed by atoms with Gasteiger partial charge in [-0.05, 0) is 13.1 Å². The second-order valence-electron chi connectivity index (χ2n) is 17.1. The van der Waals surface area contributed by atoms with Crippen molar-refractivity contribution in [1.82, 2.24) is 0 Å². The minimum absolute atomic E-state index is 1.69. The van der Waals surface area contributed by atoms with Crippen LogP contribution in [0.5, 0.6) is 0 Å². The van der Waals surface area contributed by atoms with Crippen molar-refractivity contribution >= 4 is 72.5 Å². The van der Waals surface area contributed by atoms with E-state index in [1.54, 1.807) is 0 Å². The predicted molar refractivity (Wildman–Crippen MR) is 179 cm³/mol. The van der Waals surface area contributed by atoms with Crippen LogP contribution < -0.4 is 0 Å². The van der Waals surface area contributed by atoms with Crippen LogP contribution in [0, 0.1) is 0 Å². The molecule has 0 aromatic carbocycles. The van der Waals surface area contributed by atoms with Crippen molar-refractivity contribution in [3.63, 3.8) is 0 Å². The molecule has 0 heterocycles. The third kappa shape index (κ3) is 4.49. The van der Waals surface area contributed by atoms with Crippen molar-refractivity contribution in [3.05, 3.63) is 0 Å². The largest absolute Gasteiger partial charge is 0.436 e. The van der Waals surface area contributed by atoms with Gasteiger partial charge in [0.25, 0.3) is 0 Å². The second-order valence-corrected chi connectivity index (χ2v) is 129. The lowest BCUT2D eigenvalue weighted by Crippen LogP contribution is -3.06. The average Bonchev–Trinajstić information content (AvgIpc) is 2.25. The fourth-order valence-corrected chi connectivity index (χ4v) is 451. The lowest BCUT2D eigenvalue weighted by Gasteiger charge is -2.71. The molecule has 2 atom stereocenters. The molecule has 0 saturated carbocycles. The normalized spacial score (nSPS) is 20.1. The summed E-state index contributed by atoms with van der Waals surface area (Å²) in [6, 6.07) is 0. The maximum Gasteiger partial charge on any atom is 0.181 e. The minimum Gasteiger partial charge on any atom is -0.436 e. The fraction of sp³-hybridized carbons (Fsp3) is 1.00. The van der Waals surface area contributed by atoms with Gasteiger partial charge in [-0.15, -0.1) is 0 Å². The van der Waals surface area contributed by atoms with E-state index in [0.29, 0.717) is 0 Å². The third-order valence-electron chi connectivity index (χ3n) is 9.16. The van der Waals surface area contributed by atoms with Gasteiger partial charge in [-0.25, -0.2) is 0 Å². The maximum atomic E-state index is 13.6. The van der Waals surface area contributed by atoms with E-state index in [-0.39, 0.29) is 0 Å². The van der Waals surface area contributed by atoms with Gasteiger partial charge in [0, 0.05) is 45.5 Å². The van der Waals surface area contributed by atoms with Crippen molar-refractivity contribution in [1.29, 1.82) is 0 Å². The summed E-state index contributed by atoms with van der Waals surface area (Å²) in [5.74, 6) is 0. The molecule has 0 aromatic heterocycles. The molecule has 0 saturated heterocycles. The van der Waals surface area contributed by atoms with E-state index in [9.17, 15) is 9.59 Å². The molecule has 0 bridgehead atoms. The summed E-state index contributed by atoms with van der Waals surface area (Å²) in [6.45, 7) is 51.9. The van der Waals surface area contributed by atoms with Crippen molar-refractivity contribution in [2.45, 2.75) is 131 Å². The molecule has 2 unspecified atom stereocenters. The van der Waals surface area contributed by atoms with Crippen LogP contribution in [0.25, 0.3) is 0 Å². The van der Waals surface area contributed by atoms with Crippen LogP contribution in [0.15, 0.2) is 0 Å². The molecular formula is C20H62O2Si10. The predicted octanol–water partition coefficient (Wildman–Crippen LogP) is 6.75. The highest BCUT2D eigenvalue weighted by Crippen LogP contribution is 2.51. The van der Waals surface area contributed by atoms with Gasteiger partial charge in [0.1, 0.15) is 0 Å². The molecule has 0 radical (unpaired) electrons. The van der Waals surface area contributed by atoms with Crippen molar-refractivity contribution < 1.29 is 9.59 Å². The van der Waals surface area contributed by atoms with Gasteiger partial charge < -0.3 is 9.59 Å². The molecule has 0 aliphatic rings. The summed E-state index contributed by atoms with van der Waals surface area (Å²) in [7, 11) is -15.9. The SMILES string of the molecule is C[Si](C)(C)[Si]([Si](C)(C)C)([Si](C)(C)C)[Si](C)(O)[Si](C)(O)[Si]([Si](C)(C)C)([Si](C)(C)C)[Si](C)(C)C. The Bertz CT molecular complexity index is 546. The van der Waals surface area contributed by atoms with Crippen molar-refractivity contribution in [2.75, 3.05) is 0 Å². The molecule has 0 spiro atoms. The van der Waals surface area contributed by atoms with Gasteiger partial charge in [0.05, 0.1) is 12.3 Å². The maximum absolute atomic E-state index is 13.6. The molecular weight excluding hydrogens is 553 g/mol. The summed E-state index contributed by atoms with van der Waals surface area (Å²) in [4.78, 5) is 27.2. The summed E-state index contributed by atoms with van der Waals surface area (Å²) < 4.78 is 0. The first-order chi connectivity index (χ1) is 13.2. The second kappa shape index (κ2) is 8.84. The molecule has 0 fully saturated rings. The molecule has 0 aliphatic carbocycles. The smallest absolute Gasteiger partial charge is 0.181 e. The van der Waals surface area contributed by atoms with E-state index in [0.717, 1.165) is 0 Å². The molecule has 12 heteroatoms. The topological polar surface area (TPSA) is 40.5 Å². The van der Waals surface area contributed by atoms with Crippen LogP contribution in [0.4, 0.5) is 0 Å². The lowest BCUT2D eigenvalue weighted by atomic mass is 11.8. The Morgan fingerprint density at radius 3 is 0.406 bits per heavy atom. The van der Waals surface area contributed by atoms with E-state index in [1.165, 1.54) is 0 Å². The standard InChI is InChI=1S/C20H62O2Si10/c1-23(2,3)31(24(4,5)6,25(7,8)9)29(19,21)30(20,22)32(26(10,11)12,27(13,14)15)28(16,17)18/h21-22H,1-20H3. The van der Waals surface area contributed by atoms with Gasteiger partial charge in [0.2, 0.25) is 0 Å². The summed E-state index contributed by atoms with van der Waals surface area (Å²) in [5.41, 5.74) is 0. The van der Waals surface area contributed by atoms with Crippen molar-refractivity contribution in [2.24, 2.45) is 0 Å². The van der Waals surface area contributed by atoms with E-state index >= 15 is 0 Å². The number of hydrogen-bond donors (Lipinski definition) is 2. The van der Waals surface area contributed by atoms with E-state index in [4.69, 9.17) is 0 Å². The Hall–Kier alpha value is 2.09. The molecule has 0 aliphatic heterocycles. The first kappa shape index (κ1) is 34.1. The molecule has 32 heavy (non-hydrogen) atoms. The van der Waals surface area contributed by atoms with E-state index in [1.807, 2.05) is 0 Å². The average molecular weight is 616 g/mol. The highest BCUT2D eigenvalue weighted by atomic mass is 30.4. The highest BCUT2D eigenvalue weighted by molar-refractivity contribution is 8.22. The van der Waals surface area contributed by atoms with Gasteiger partial charge in [-0.1, -0.05) is 118 Å². The van der Waals surface area contributed by atoms with Crippen molar-refractivity contribution in [3.8, 4) is 0 Å². The zero-order chi connectivity index (χ0) is 27.0. The highest BCUT2D eigenvalue weighted by Gasteiger charge is 2.83. The summed E-state index contributed by atoms with van der Waals surface area (Å²) in [5, 5.41) is 0. The Labute approximate surface area is 211 Å². The zero-order valence-corrected chi connectivity index (χ0v) is 35.9. The third-order valence-corrected chi connectivity index (χ3v) is 261. The van der Waals surface area contributed by atoms with Gasteiger partial charge >= 0.3 is 0 Å². The van der Waals surface area contributed by atoms with Crippen LogP contribution in [-0.2, 0) is 0 Å². The Morgan fingerprint density at radius 2 is 0.344 bits per heavy atom. The zero-order valence-electron chi connectivity index (χ0n) is 25.9. The fourth-order valence-electron chi connectivity index (χ4n) is 11.9. The molecule has 194 valence electrons. The molecule has 0 amide bonds. The van der Waals surface area contributed by atoms with E-state index in [2.05, 4.69) is 131 Å². The molecule has 2 nitrogen and oxygen atoms in total. The van der Waals surface area contributed by atoms with Gasteiger partial charge in [0.15, 0.2) is 14.7 Å². The minimum atomic E-state index is -2.90. The summed E-state index contributed by atoms with van der Waals surface area (Å²) >= 11 is 0. The van der Waals surface area contributed by atoms with Crippen LogP contribution in [0.1, 0.15) is 0 Å². The molecule has 0 rings (SSSR count). The van der Waals surface area contributed by atoms with E-state index < -0.39 is 72.5 Å². The summed E-state index contributed by atoms with van der Waals surface area (Å²) in [6.07, 6.45) is -4.17. The molecule has 0 aromatic rings. The molecule has 2 N–H and O–H groups in total. The monoisotopic (exact) mass is 614 g/mol. The quantitative estimate of drug-likeness (QED) is 0.282. The first-order valence-corrected chi connectivity index (χ1v) is 51.6. The number of rotatable bonds is 9. The first-order valence-electron chi connectivity index (χ1n) is 12.7. The van der Waals surface area contributed by atoms with Crippen LogP contribution >= 0.6 is 0 Å². The Kier molecular flexibility index (Phi) is 9.42. The van der Waals surface area contributed by atoms with Crippen LogP contribution in [0.3, 0.4) is 0 Å². The van der Waals surface area contributed by atoms with Gasteiger partial charge in [-0.3, -0.25) is 0 Å². The Morgan fingerprint density at radius 1 is 0.250 bits per heavy atom. The lowest BCUT2D eigenvalue weighted by molar-refractivity contribution is 0.540. The Balaban J connectivity index is 8.24. The van der Waals surface area contributed by atoms with Gasteiger partial charge in [-0.2, -0.15) is 0 Å². The van der Waals surface area contributed by atoms with Crippen LogP contribution in [-0.4, -0.2) is 82.1 Å².